The van der Waals surface area contributed by atoms with Gasteiger partial charge >= 0.3 is 0 Å². The van der Waals surface area contributed by atoms with Crippen molar-refractivity contribution in [1.29, 1.82) is 0 Å². The van der Waals surface area contributed by atoms with E-state index in [0.29, 0.717) is 13.1 Å². The van der Waals surface area contributed by atoms with Crippen LogP contribution in [0, 0.1) is 0 Å². The number of hydrogen-bond donors (Lipinski definition) is 1. The molecule has 2 heteroatoms. The molecule has 0 saturated carbocycles. The molecule has 1 aromatic carbocycles. The standard InChI is InChI=1S/C13H20N2/c1-15-9-7-13(8-10-15)14-11-12-5-3-2-4-6-12/h2-6,13-14H,7-11H2,1H3/i7D2,9D2,13D. The van der Waals surface area contributed by atoms with Crippen molar-refractivity contribution in [3.8, 4) is 0 Å². The van der Waals surface area contributed by atoms with Crippen LogP contribution in [-0.2, 0) is 6.54 Å². The molecule has 2 nitrogen and oxygen atoms in total. The molecule has 0 spiro atoms. The van der Waals surface area contributed by atoms with E-state index in [-0.39, 0.29) is 6.42 Å². The summed E-state index contributed by atoms with van der Waals surface area (Å²) in [5, 5.41) is 2.91. The molecule has 1 saturated heterocycles. The lowest BCUT2D eigenvalue weighted by Crippen LogP contribution is -2.40. The fourth-order valence-corrected chi connectivity index (χ4v) is 1.50. The second kappa shape index (κ2) is 5.29. The zero-order valence-electron chi connectivity index (χ0n) is 14.0. The average molecular weight is 209 g/mol. The van der Waals surface area contributed by atoms with E-state index < -0.39 is 18.9 Å². The van der Waals surface area contributed by atoms with Crippen molar-refractivity contribution in [2.24, 2.45) is 0 Å². The summed E-state index contributed by atoms with van der Waals surface area (Å²) in [7, 11) is 1.55. The van der Waals surface area contributed by atoms with Gasteiger partial charge in [0.1, 0.15) is 0 Å². The van der Waals surface area contributed by atoms with Gasteiger partial charge < -0.3 is 10.2 Å². The van der Waals surface area contributed by atoms with Gasteiger partial charge in [0.25, 0.3) is 0 Å². The van der Waals surface area contributed by atoms with Crippen LogP contribution >= 0.6 is 0 Å². The summed E-state index contributed by atoms with van der Waals surface area (Å²) >= 11 is 0. The topological polar surface area (TPSA) is 15.3 Å². The Morgan fingerprint density at radius 1 is 1.53 bits per heavy atom. The molecule has 1 heterocycles. The van der Waals surface area contributed by atoms with Crippen LogP contribution < -0.4 is 5.32 Å². The molecule has 15 heavy (non-hydrogen) atoms. The third-order valence-electron chi connectivity index (χ3n) is 2.44. The van der Waals surface area contributed by atoms with Crippen LogP contribution in [0.4, 0.5) is 0 Å². The normalized spacial score (nSPS) is 39.4. The Labute approximate surface area is 99.3 Å². The Hall–Kier alpha value is -0.860. The largest absolute Gasteiger partial charge is 0.310 e. The van der Waals surface area contributed by atoms with Gasteiger partial charge in [-0.25, -0.2) is 0 Å². The van der Waals surface area contributed by atoms with Crippen molar-refractivity contribution in [1.82, 2.24) is 10.2 Å². The molecule has 2 rings (SSSR count). The van der Waals surface area contributed by atoms with Crippen LogP contribution in [-0.4, -0.2) is 31.0 Å². The summed E-state index contributed by atoms with van der Waals surface area (Å²) in [5.74, 6) is 0. The van der Waals surface area contributed by atoms with Crippen molar-refractivity contribution < 1.29 is 6.85 Å². The highest BCUT2D eigenvalue weighted by Crippen LogP contribution is 2.09. The first-order valence-corrected chi connectivity index (χ1v) is 5.21. The summed E-state index contributed by atoms with van der Waals surface area (Å²) in [4.78, 5) is 1.34. The van der Waals surface area contributed by atoms with E-state index in [0.717, 1.165) is 5.56 Å². The Bertz CT molecular complexity index is 465. The second-order valence-corrected chi connectivity index (χ2v) is 3.73. The molecular formula is C13H20N2. The first-order chi connectivity index (χ1) is 9.21. The predicted octanol–water partition coefficient (Wildman–Crippen LogP) is 1.87. The third-order valence-corrected chi connectivity index (χ3v) is 2.44. The molecule has 0 aliphatic carbocycles. The fraction of sp³-hybridized carbons (Fsp3) is 0.538. The lowest BCUT2D eigenvalue weighted by Gasteiger charge is -2.29. The van der Waals surface area contributed by atoms with Crippen LogP contribution in [0.25, 0.3) is 0 Å². The summed E-state index contributed by atoms with van der Waals surface area (Å²) in [6, 6.07) is 7.82. The van der Waals surface area contributed by atoms with Gasteiger partial charge in [0, 0.05) is 19.4 Å². The van der Waals surface area contributed by atoms with Gasteiger partial charge in [-0.2, -0.15) is 0 Å². The minimum atomic E-state index is -2.30. The number of benzene rings is 1. The molecular weight excluding hydrogens is 184 g/mol. The zero-order chi connectivity index (χ0) is 15.0. The molecule has 1 fully saturated rings. The van der Waals surface area contributed by atoms with E-state index >= 15 is 0 Å². The summed E-state index contributed by atoms with van der Waals surface area (Å²) < 4.78 is 40.4. The lowest BCUT2D eigenvalue weighted by atomic mass is 10.1. The molecule has 0 amide bonds. The van der Waals surface area contributed by atoms with Gasteiger partial charge in [-0.1, -0.05) is 30.3 Å². The van der Waals surface area contributed by atoms with Gasteiger partial charge in [0.15, 0.2) is 0 Å². The molecule has 0 radical (unpaired) electrons. The van der Waals surface area contributed by atoms with E-state index in [1.807, 2.05) is 30.3 Å². The number of rotatable bonds is 3. The van der Waals surface area contributed by atoms with E-state index in [4.69, 9.17) is 6.85 Å². The van der Waals surface area contributed by atoms with E-state index in [1.54, 1.807) is 7.05 Å². The van der Waals surface area contributed by atoms with Crippen LogP contribution in [0.15, 0.2) is 30.3 Å². The van der Waals surface area contributed by atoms with Gasteiger partial charge in [0.2, 0.25) is 0 Å². The molecule has 82 valence electrons. The molecule has 0 aromatic heterocycles. The van der Waals surface area contributed by atoms with Gasteiger partial charge in [-0.15, -0.1) is 0 Å². The Kier molecular flexibility index (Phi) is 2.12. The highest BCUT2D eigenvalue weighted by Gasteiger charge is 2.15. The smallest absolute Gasteiger partial charge is 0.0466 e. The van der Waals surface area contributed by atoms with Crippen LogP contribution in [0.1, 0.15) is 25.2 Å². The molecule has 1 unspecified atom stereocenters. The molecule has 1 aromatic rings. The molecule has 1 aliphatic rings. The first-order valence-electron chi connectivity index (χ1n) is 7.71. The molecule has 1 aliphatic heterocycles. The van der Waals surface area contributed by atoms with Gasteiger partial charge in [-0.05, 0) is 38.4 Å². The van der Waals surface area contributed by atoms with Gasteiger partial charge in [-0.3, -0.25) is 0 Å². The number of likely N-dealkylation sites (tertiary alicyclic amines) is 1. The van der Waals surface area contributed by atoms with Crippen LogP contribution in [0.2, 0.25) is 0 Å². The number of hydrogen-bond acceptors (Lipinski definition) is 2. The lowest BCUT2D eigenvalue weighted by molar-refractivity contribution is 0.234. The Morgan fingerprint density at radius 2 is 2.33 bits per heavy atom. The van der Waals surface area contributed by atoms with E-state index in [1.165, 1.54) is 4.90 Å². The predicted molar refractivity (Wildman–Crippen MR) is 63.8 cm³/mol. The molecule has 1 atom stereocenters. The van der Waals surface area contributed by atoms with E-state index in [2.05, 4.69) is 5.32 Å². The van der Waals surface area contributed by atoms with Crippen LogP contribution in [0.5, 0.6) is 0 Å². The zero-order valence-corrected chi connectivity index (χ0v) is 8.96. The monoisotopic (exact) mass is 209 g/mol. The molecule has 0 bridgehead atoms. The highest BCUT2D eigenvalue weighted by atomic mass is 15.1. The van der Waals surface area contributed by atoms with Crippen molar-refractivity contribution >= 4 is 0 Å². The quantitative estimate of drug-likeness (QED) is 0.817. The maximum Gasteiger partial charge on any atom is 0.0466 e. The maximum absolute atomic E-state index is 8.37. The number of nitrogens with zero attached hydrogens (tertiary/aromatic N) is 1. The summed E-state index contributed by atoms with van der Waals surface area (Å²) in [6.07, 6.45) is -2.06. The van der Waals surface area contributed by atoms with Crippen molar-refractivity contribution in [3.63, 3.8) is 0 Å². The number of piperidine rings is 1. The minimum absolute atomic E-state index is 0.239. The number of nitrogens with one attached hydrogen (secondary N) is 1. The van der Waals surface area contributed by atoms with Crippen molar-refractivity contribution in [2.75, 3.05) is 20.1 Å². The van der Waals surface area contributed by atoms with E-state index in [9.17, 15) is 0 Å². The van der Waals surface area contributed by atoms with Crippen LogP contribution in [0.3, 0.4) is 0 Å². The highest BCUT2D eigenvalue weighted by molar-refractivity contribution is 5.14. The molecule has 1 N–H and O–H groups in total. The first kappa shape index (κ1) is 6.02. The minimum Gasteiger partial charge on any atom is -0.310 e. The summed E-state index contributed by atoms with van der Waals surface area (Å²) in [5.41, 5.74) is 0.953. The Balaban J connectivity index is 2.17. The fourth-order valence-electron chi connectivity index (χ4n) is 1.50. The van der Waals surface area contributed by atoms with Gasteiger partial charge in [0.05, 0.1) is 0 Å². The summed E-state index contributed by atoms with van der Waals surface area (Å²) in [6.45, 7) is -1.47. The maximum atomic E-state index is 8.37. The van der Waals surface area contributed by atoms with Crippen molar-refractivity contribution in [2.45, 2.75) is 25.4 Å². The van der Waals surface area contributed by atoms with Crippen molar-refractivity contribution in [3.05, 3.63) is 35.9 Å². The second-order valence-electron chi connectivity index (χ2n) is 3.73. The Morgan fingerprint density at radius 3 is 3.13 bits per heavy atom. The SMILES string of the molecule is [2H]C1(NCc2ccccc2)CCN(C)C([2H])([2H])C1([2H])[2H]. The average Bonchev–Trinajstić information content (AvgIpc) is 2.42. The third kappa shape index (κ3) is 3.33.